The Balaban J connectivity index is 1.78. The first-order valence-electron chi connectivity index (χ1n) is 6.98. The Bertz CT molecular complexity index is 487. The number of nitrogens with zero attached hydrogens (tertiary/aromatic N) is 2. The van der Waals surface area contributed by atoms with Crippen molar-refractivity contribution in [3.8, 4) is 0 Å². The summed E-state index contributed by atoms with van der Waals surface area (Å²) in [5, 5.41) is 8.00. The molecule has 0 amide bonds. The monoisotopic (exact) mass is 261 g/mol. The molecule has 0 saturated carbocycles. The van der Waals surface area contributed by atoms with E-state index in [1.54, 1.807) is 6.26 Å². The quantitative estimate of drug-likeness (QED) is 0.833. The molecule has 0 aliphatic rings. The molecule has 4 heteroatoms. The third-order valence-corrected chi connectivity index (χ3v) is 3.32. The molecule has 0 saturated heterocycles. The maximum Gasteiger partial charge on any atom is 0.103 e. The van der Waals surface area contributed by atoms with Crippen LogP contribution in [0.1, 0.15) is 37.4 Å². The molecule has 0 fully saturated rings. The van der Waals surface area contributed by atoms with Gasteiger partial charge in [0.1, 0.15) is 5.76 Å². The summed E-state index contributed by atoms with van der Waals surface area (Å²) < 4.78 is 7.40. The normalized spacial score (nSPS) is 12.8. The first kappa shape index (κ1) is 13.9. The van der Waals surface area contributed by atoms with E-state index in [1.165, 1.54) is 5.69 Å². The zero-order valence-electron chi connectivity index (χ0n) is 12.0. The van der Waals surface area contributed by atoms with Gasteiger partial charge in [0.05, 0.1) is 17.7 Å². The summed E-state index contributed by atoms with van der Waals surface area (Å²) in [4.78, 5) is 0. The largest absolute Gasteiger partial charge is 0.469 e. The smallest absolute Gasteiger partial charge is 0.103 e. The first-order chi connectivity index (χ1) is 9.19. The lowest BCUT2D eigenvalue weighted by Gasteiger charge is -2.13. The van der Waals surface area contributed by atoms with E-state index in [4.69, 9.17) is 4.42 Å². The number of aromatic nitrogens is 2. The zero-order valence-corrected chi connectivity index (χ0v) is 12.0. The molecule has 0 aliphatic carbocycles. The average molecular weight is 261 g/mol. The minimum Gasteiger partial charge on any atom is -0.469 e. The minimum atomic E-state index is 0.464. The molecule has 2 aromatic heterocycles. The maximum absolute atomic E-state index is 5.34. The van der Waals surface area contributed by atoms with E-state index in [0.29, 0.717) is 6.04 Å². The zero-order chi connectivity index (χ0) is 13.7. The second-order valence-corrected chi connectivity index (χ2v) is 4.99. The van der Waals surface area contributed by atoms with E-state index in [2.05, 4.69) is 35.0 Å². The van der Waals surface area contributed by atoms with Gasteiger partial charge in [0.25, 0.3) is 0 Å². The van der Waals surface area contributed by atoms with Gasteiger partial charge in [-0.1, -0.05) is 0 Å². The molecule has 4 nitrogen and oxygen atoms in total. The Morgan fingerprint density at radius 1 is 1.47 bits per heavy atom. The van der Waals surface area contributed by atoms with E-state index in [9.17, 15) is 0 Å². The summed E-state index contributed by atoms with van der Waals surface area (Å²) in [6, 6.07) is 6.58. The van der Waals surface area contributed by atoms with E-state index in [1.807, 2.05) is 19.1 Å². The summed E-state index contributed by atoms with van der Waals surface area (Å²) in [5.41, 5.74) is 2.34. The lowest BCUT2D eigenvalue weighted by Crippen LogP contribution is -2.27. The highest BCUT2D eigenvalue weighted by Gasteiger charge is 2.07. The van der Waals surface area contributed by atoms with Crippen LogP contribution in [-0.4, -0.2) is 15.8 Å². The van der Waals surface area contributed by atoms with Crippen LogP contribution in [0.4, 0.5) is 0 Å². The number of aryl methyl sites for hydroxylation is 3. The van der Waals surface area contributed by atoms with Crippen molar-refractivity contribution in [2.45, 2.75) is 52.7 Å². The van der Waals surface area contributed by atoms with Crippen LogP contribution in [0.5, 0.6) is 0 Å². The van der Waals surface area contributed by atoms with Crippen molar-refractivity contribution in [3.05, 3.63) is 41.6 Å². The molecule has 2 aromatic rings. The average Bonchev–Trinajstić information content (AvgIpc) is 3.02. The molecule has 2 heterocycles. The van der Waals surface area contributed by atoms with Crippen molar-refractivity contribution in [1.82, 2.24) is 15.1 Å². The van der Waals surface area contributed by atoms with Gasteiger partial charge in [-0.2, -0.15) is 5.10 Å². The molecule has 1 atom stereocenters. The molecular weight excluding hydrogens is 238 g/mol. The van der Waals surface area contributed by atoms with Crippen LogP contribution < -0.4 is 5.32 Å². The van der Waals surface area contributed by atoms with Crippen LogP contribution in [0.3, 0.4) is 0 Å². The molecule has 0 aliphatic heterocycles. The maximum atomic E-state index is 5.34. The molecule has 0 bridgehead atoms. The summed E-state index contributed by atoms with van der Waals surface area (Å²) in [7, 11) is 0. The van der Waals surface area contributed by atoms with Gasteiger partial charge in [-0.15, -0.1) is 0 Å². The highest BCUT2D eigenvalue weighted by atomic mass is 16.3. The van der Waals surface area contributed by atoms with Crippen LogP contribution in [0.25, 0.3) is 0 Å². The SMILES string of the molecule is CCn1nc(C)cc1CNC(C)CCc1ccco1. The van der Waals surface area contributed by atoms with Gasteiger partial charge in [0.15, 0.2) is 0 Å². The van der Waals surface area contributed by atoms with Crippen molar-refractivity contribution in [3.63, 3.8) is 0 Å². The number of nitrogens with one attached hydrogen (secondary N) is 1. The van der Waals surface area contributed by atoms with E-state index in [-0.39, 0.29) is 0 Å². The molecule has 104 valence electrons. The Hall–Kier alpha value is -1.55. The Labute approximate surface area is 114 Å². The van der Waals surface area contributed by atoms with Crippen molar-refractivity contribution >= 4 is 0 Å². The molecule has 2 rings (SSSR count). The predicted molar refractivity (Wildman–Crippen MR) is 76.0 cm³/mol. The van der Waals surface area contributed by atoms with Crippen LogP contribution in [0.15, 0.2) is 28.9 Å². The summed E-state index contributed by atoms with van der Waals surface area (Å²) in [5.74, 6) is 1.06. The molecular formula is C15H23N3O. The van der Waals surface area contributed by atoms with Crippen LogP contribution >= 0.6 is 0 Å². The van der Waals surface area contributed by atoms with Crippen LogP contribution in [0.2, 0.25) is 0 Å². The highest BCUT2D eigenvalue weighted by molar-refractivity contribution is 5.08. The molecule has 0 aromatic carbocycles. The fourth-order valence-electron chi connectivity index (χ4n) is 2.21. The first-order valence-corrected chi connectivity index (χ1v) is 6.98. The lowest BCUT2D eigenvalue weighted by molar-refractivity contribution is 0.452. The third kappa shape index (κ3) is 3.96. The van der Waals surface area contributed by atoms with Gasteiger partial charge in [-0.25, -0.2) is 0 Å². The minimum absolute atomic E-state index is 0.464. The second-order valence-electron chi connectivity index (χ2n) is 4.99. The summed E-state index contributed by atoms with van der Waals surface area (Å²) >= 11 is 0. The molecule has 0 radical (unpaired) electrons. The third-order valence-electron chi connectivity index (χ3n) is 3.32. The van der Waals surface area contributed by atoms with E-state index in [0.717, 1.165) is 37.4 Å². The van der Waals surface area contributed by atoms with Crippen molar-refractivity contribution in [2.24, 2.45) is 0 Å². The van der Waals surface area contributed by atoms with Gasteiger partial charge >= 0.3 is 0 Å². The standard InChI is InChI=1S/C15H23N3O/c1-4-18-14(10-13(3)17-18)11-16-12(2)7-8-15-6-5-9-19-15/h5-6,9-10,12,16H,4,7-8,11H2,1-3H3. The Morgan fingerprint density at radius 2 is 2.32 bits per heavy atom. The molecule has 1 unspecified atom stereocenters. The fourth-order valence-corrected chi connectivity index (χ4v) is 2.21. The van der Waals surface area contributed by atoms with E-state index < -0.39 is 0 Å². The summed E-state index contributed by atoms with van der Waals surface area (Å²) in [6.45, 7) is 8.16. The second kappa shape index (κ2) is 6.57. The number of hydrogen-bond acceptors (Lipinski definition) is 3. The molecule has 19 heavy (non-hydrogen) atoms. The highest BCUT2D eigenvalue weighted by Crippen LogP contribution is 2.07. The van der Waals surface area contributed by atoms with Gasteiger partial charge < -0.3 is 9.73 Å². The number of rotatable bonds is 7. The van der Waals surface area contributed by atoms with Gasteiger partial charge in [-0.3, -0.25) is 4.68 Å². The number of hydrogen-bond donors (Lipinski definition) is 1. The Kier molecular flexibility index (Phi) is 4.80. The summed E-state index contributed by atoms with van der Waals surface area (Å²) in [6.07, 6.45) is 3.79. The molecule has 0 spiro atoms. The van der Waals surface area contributed by atoms with Crippen molar-refractivity contribution < 1.29 is 4.42 Å². The van der Waals surface area contributed by atoms with Gasteiger partial charge in [0, 0.05) is 25.6 Å². The molecule has 1 N–H and O–H groups in total. The Morgan fingerprint density at radius 3 is 3.00 bits per heavy atom. The lowest BCUT2D eigenvalue weighted by atomic mass is 10.1. The van der Waals surface area contributed by atoms with Crippen LogP contribution in [0, 0.1) is 6.92 Å². The fraction of sp³-hybridized carbons (Fsp3) is 0.533. The van der Waals surface area contributed by atoms with Gasteiger partial charge in [-0.05, 0) is 45.4 Å². The topological polar surface area (TPSA) is 43.0 Å². The van der Waals surface area contributed by atoms with Crippen molar-refractivity contribution in [1.29, 1.82) is 0 Å². The van der Waals surface area contributed by atoms with E-state index >= 15 is 0 Å². The van der Waals surface area contributed by atoms with Crippen molar-refractivity contribution in [2.75, 3.05) is 0 Å². The van der Waals surface area contributed by atoms with Gasteiger partial charge in [0.2, 0.25) is 0 Å². The number of furan rings is 1. The predicted octanol–water partition coefficient (Wildman–Crippen LogP) is 2.92. The van der Waals surface area contributed by atoms with Crippen LogP contribution in [-0.2, 0) is 19.5 Å².